The maximum Gasteiger partial charge on any atom is 0.256 e. The molecule has 0 radical (unpaired) electrons. The minimum absolute atomic E-state index is 0.0340. The normalized spacial score (nSPS) is 10.7. The third-order valence-electron chi connectivity index (χ3n) is 4.34. The molecule has 3 rings (SSSR count). The number of nitrogens with zero attached hydrogens (tertiary/aromatic N) is 1. The summed E-state index contributed by atoms with van der Waals surface area (Å²) in [6.07, 6.45) is 0. The average molecular weight is 399 g/mol. The molecule has 0 atom stereocenters. The van der Waals surface area contributed by atoms with Gasteiger partial charge in [-0.1, -0.05) is 12.1 Å². The van der Waals surface area contributed by atoms with E-state index in [-0.39, 0.29) is 28.6 Å². The first-order chi connectivity index (χ1) is 13.7. The Bertz CT molecular complexity index is 1170. The van der Waals surface area contributed by atoms with Gasteiger partial charge in [0.25, 0.3) is 11.5 Å². The molecule has 3 N–H and O–H groups in total. The lowest BCUT2D eigenvalue weighted by Gasteiger charge is -2.18. The van der Waals surface area contributed by atoms with Crippen LogP contribution in [0.15, 0.2) is 47.3 Å². The van der Waals surface area contributed by atoms with E-state index in [1.807, 2.05) is 0 Å². The van der Waals surface area contributed by atoms with Crippen molar-refractivity contribution in [3.05, 3.63) is 81.1 Å². The lowest BCUT2D eigenvalue weighted by atomic mass is 10.1. The highest BCUT2D eigenvalue weighted by Gasteiger charge is 2.22. The zero-order chi connectivity index (χ0) is 21.3. The van der Waals surface area contributed by atoms with Crippen LogP contribution in [-0.4, -0.2) is 10.5 Å². The number of hydrogen-bond donors (Lipinski definition) is 2. The van der Waals surface area contributed by atoms with Gasteiger partial charge in [-0.2, -0.15) is 0 Å². The summed E-state index contributed by atoms with van der Waals surface area (Å²) in [5, 5.41) is 2.72. The zero-order valence-corrected chi connectivity index (χ0v) is 16.0. The molecule has 6 nitrogen and oxygen atoms in total. The number of halogens is 2. The summed E-state index contributed by atoms with van der Waals surface area (Å²) in [5.74, 6) is -2.67. The largest absolute Gasteiger partial charge is 0.453 e. The van der Waals surface area contributed by atoms with Gasteiger partial charge in [0.05, 0.1) is 5.69 Å². The van der Waals surface area contributed by atoms with Gasteiger partial charge in [-0.3, -0.25) is 14.2 Å². The van der Waals surface area contributed by atoms with E-state index in [0.717, 1.165) is 10.6 Å². The first kappa shape index (κ1) is 20.1. The van der Waals surface area contributed by atoms with Crippen LogP contribution in [0.1, 0.15) is 21.5 Å². The van der Waals surface area contributed by atoms with E-state index in [0.29, 0.717) is 11.1 Å². The van der Waals surface area contributed by atoms with Crippen molar-refractivity contribution in [2.45, 2.75) is 13.8 Å². The smallest absolute Gasteiger partial charge is 0.256 e. The molecule has 0 aliphatic carbocycles. The maximum absolute atomic E-state index is 14.3. The first-order valence-electron chi connectivity index (χ1n) is 8.68. The summed E-state index contributed by atoms with van der Waals surface area (Å²) in [5.41, 5.74) is 6.13. The third-order valence-corrected chi connectivity index (χ3v) is 4.34. The van der Waals surface area contributed by atoms with Crippen molar-refractivity contribution < 1.29 is 18.3 Å². The molecule has 0 aliphatic rings. The molecule has 1 aromatic heterocycles. The van der Waals surface area contributed by atoms with Gasteiger partial charge >= 0.3 is 0 Å². The number of rotatable bonds is 5. The van der Waals surface area contributed by atoms with Crippen LogP contribution in [0, 0.1) is 25.5 Å². The van der Waals surface area contributed by atoms with Gasteiger partial charge in [-0.25, -0.2) is 8.78 Å². The Hall–Kier alpha value is -3.68. The number of nitrogens with one attached hydrogen (secondary N) is 1. The molecule has 0 unspecified atom stereocenters. The molecular weight excluding hydrogens is 380 g/mol. The van der Waals surface area contributed by atoms with E-state index in [2.05, 4.69) is 5.32 Å². The Morgan fingerprint density at radius 3 is 2.21 bits per heavy atom. The second-order valence-electron chi connectivity index (χ2n) is 6.64. The average Bonchev–Trinajstić information content (AvgIpc) is 2.63. The number of benzene rings is 2. The fourth-order valence-electron chi connectivity index (χ4n) is 2.80. The van der Waals surface area contributed by atoms with Crippen LogP contribution in [0.4, 0.5) is 20.3 Å². The highest BCUT2D eigenvalue weighted by atomic mass is 19.1. The number of primary amides is 1. The number of nitrogens with two attached hydrogens (primary N) is 1. The first-order valence-corrected chi connectivity index (χ1v) is 8.68. The molecule has 29 heavy (non-hydrogen) atoms. The van der Waals surface area contributed by atoms with Crippen molar-refractivity contribution in [2.75, 3.05) is 5.32 Å². The quantitative estimate of drug-likeness (QED) is 0.681. The van der Waals surface area contributed by atoms with Crippen LogP contribution in [0.3, 0.4) is 0 Å². The van der Waals surface area contributed by atoms with E-state index in [9.17, 15) is 18.4 Å². The zero-order valence-electron chi connectivity index (χ0n) is 16.0. The molecule has 0 spiro atoms. The monoisotopic (exact) mass is 399 g/mol. The van der Waals surface area contributed by atoms with Gasteiger partial charge in [0, 0.05) is 13.1 Å². The minimum Gasteiger partial charge on any atom is -0.453 e. The fraction of sp³-hybridized carbons (Fsp3) is 0.143. The number of aryl methyl sites for hydroxylation is 2. The maximum atomic E-state index is 14.3. The van der Waals surface area contributed by atoms with Crippen molar-refractivity contribution in [1.29, 1.82) is 0 Å². The Labute approximate surface area is 165 Å². The summed E-state index contributed by atoms with van der Waals surface area (Å²) >= 11 is 0. The Kier molecular flexibility index (Phi) is 5.36. The van der Waals surface area contributed by atoms with E-state index >= 15 is 0 Å². The minimum atomic E-state index is -0.932. The van der Waals surface area contributed by atoms with Crippen molar-refractivity contribution in [3.63, 3.8) is 0 Å². The molecular formula is C21H19F2N3O3. The SMILES string of the molecule is Cc1ccc(Nc2c(C(N)=O)c(Oc3ccc(C)cc3F)cc(=O)n2C)c(F)c1. The molecule has 0 aliphatic heterocycles. The number of aromatic nitrogens is 1. The number of pyridine rings is 1. The molecule has 2 aromatic carbocycles. The number of anilines is 2. The van der Waals surface area contributed by atoms with E-state index in [1.165, 1.54) is 31.3 Å². The molecule has 8 heteroatoms. The molecule has 1 amide bonds. The second-order valence-corrected chi connectivity index (χ2v) is 6.64. The van der Waals surface area contributed by atoms with Crippen LogP contribution in [0.5, 0.6) is 11.5 Å². The highest BCUT2D eigenvalue weighted by molar-refractivity contribution is 6.01. The summed E-state index contributed by atoms with van der Waals surface area (Å²) in [6.45, 7) is 3.43. The van der Waals surface area contributed by atoms with Crippen molar-refractivity contribution in [3.8, 4) is 11.5 Å². The van der Waals surface area contributed by atoms with Gasteiger partial charge in [0.2, 0.25) is 0 Å². The number of carbonyl (C=O) groups excluding carboxylic acids is 1. The summed E-state index contributed by atoms with van der Waals surface area (Å²) < 4.78 is 35.1. The molecule has 3 aromatic rings. The molecule has 0 saturated heterocycles. The second kappa shape index (κ2) is 7.75. The van der Waals surface area contributed by atoms with E-state index in [4.69, 9.17) is 10.5 Å². The van der Waals surface area contributed by atoms with Gasteiger partial charge in [-0.15, -0.1) is 0 Å². The number of hydrogen-bond acceptors (Lipinski definition) is 4. The van der Waals surface area contributed by atoms with Crippen LogP contribution in [-0.2, 0) is 7.05 Å². The predicted molar refractivity (Wildman–Crippen MR) is 106 cm³/mol. The number of carbonyl (C=O) groups is 1. The lowest BCUT2D eigenvalue weighted by Crippen LogP contribution is -2.25. The summed E-state index contributed by atoms with van der Waals surface area (Å²) in [7, 11) is 1.39. The molecule has 1 heterocycles. The fourth-order valence-corrected chi connectivity index (χ4v) is 2.80. The van der Waals surface area contributed by atoms with Crippen molar-refractivity contribution in [1.82, 2.24) is 4.57 Å². The van der Waals surface area contributed by atoms with E-state index < -0.39 is 23.1 Å². The summed E-state index contributed by atoms with van der Waals surface area (Å²) in [4.78, 5) is 24.6. The topological polar surface area (TPSA) is 86.3 Å². The molecule has 0 saturated carbocycles. The van der Waals surface area contributed by atoms with Gasteiger partial charge in [-0.05, 0) is 49.2 Å². The highest BCUT2D eigenvalue weighted by Crippen LogP contribution is 2.32. The van der Waals surface area contributed by atoms with Crippen LogP contribution >= 0.6 is 0 Å². The molecule has 150 valence electrons. The predicted octanol–water partition coefficient (Wildman–Crippen LogP) is 3.92. The van der Waals surface area contributed by atoms with Crippen LogP contribution in [0.25, 0.3) is 0 Å². The third kappa shape index (κ3) is 4.11. The van der Waals surface area contributed by atoms with Crippen molar-refractivity contribution in [2.24, 2.45) is 12.8 Å². The molecule has 0 fully saturated rings. The van der Waals surface area contributed by atoms with E-state index in [1.54, 1.807) is 26.0 Å². The van der Waals surface area contributed by atoms with Gasteiger partial charge in [0.15, 0.2) is 11.6 Å². The van der Waals surface area contributed by atoms with Gasteiger partial charge in [0.1, 0.15) is 22.9 Å². The van der Waals surface area contributed by atoms with Crippen LogP contribution < -0.4 is 21.3 Å². The molecule has 0 bridgehead atoms. The number of amides is 1. The number of ether oxygens (including phenoxy) is 1. The summed E-state index contributed by atoms with van der Waals surface area (Å²) in [6, 6.07) is 9.69. The van der Waals surface area contributed by atoms with Gasteiger partial charge < -0.3 is 15.8 Å². The Morgan fingerprint density at radius 1 is 1.00 bits per heavy atom. The Balaban J connectivity index is 2.15. The standard InChI is InChI=1S/C21H19F2N3O3/c1-11-4-6-15(13(22)8-11)25-21-19(20(24)28)17(10-18(27)26(21)3)29-16-7-5-12(2)9-14(16)23/h4-10,25H,1-3H3,(H2,24,28). The van der Waals surface area contributed by atoms with Crippen molar-refractivity contribution >= 4 is 17.4 Å². The Morgan fingerprint density at radius 2 is 1.62 bits per heavy atom. The van der Waals surface area contributed by atoms with Crippen LogP contribution in [0.2, 0.25) is 0 Å². The lowest BCUT2D eigenvalue weighted by molar-refractivity contribution is 0.0998.